The van der Waals surface area contributed by atoms with Gasteiger partial charge in [0.25, 0.3) is 0 Å². The first-order valence-electron chi connectivity index (χ1n) is 7.23. The van der Waals surface area contributed by atoms with Crippen molar-refractivity contribution in [2.45, 2.75) is 19.8 Å². The summed E-state index contributed by atoms with van der Waals surface area (Å²) in [5.41, 5.74) is 0. The van der Waals surface area contributed by atoms with E-state index in [0.717, 1.165) is 0 Å². The Morgan fingerprint density at radius 3 is 2.59 bits per heavy atom. The Balaban J connectivity index is 2.17. The third kappa shape index (κ3) is 7.75. The highest BCUT2D eigenvalue weighted by atomic mass is 16.5. The first kappa shape index (κ1) is 18.1. The van der Waals surface area contributed by atoms with E-state index < -0.39 is 0 Å². The van der Waals surface area contributed by atoms with Gasteiger partial charge in [0.05, 0.1) is 13.2 Å². The van der Waals surface area contributed by atoms with Crippen LogP contribution in [0.15, 0.2) is 30.3 Å². The number of para-hydroxylation sites is 1. The van der Waals surface area contributed by atoms with Crippen LogP contribution in [-0.2, 0) is 19.1 Å². The average molecular weight is 309 g/mol. The summed E-state index contributed by atoms with van der Waals surface area (Å²) in [6.45, 7) is 2.81. The minimum Gasteiger partial charge on any atom is -0.427 e. The van der Waals surface area contributed by atoms with Gasteiger partial charge in [-0.25, -0.2) is 0 Å². The Morgan fingerprint density at radius 1 is 1.18 bits per heavy atom. The zero-order valence-electron chi connectivity index (χ0n) is 13.0. The predicted octanol–water partition coefficient (Wildman–Crippen LogP) is 1.74. The third-order valence-corrected chi connectivity index (χ3v) is 2.98. The first-order chi connectivity index (χ1) is 10.6. The summed E-state index contributed by atoms with van der Waals surface area (Å²) in [5, 5.41) is 2.65. The van der Waals surface area contributed by atoms with E-state index in [1.807, 2.05) is 6.07 Å². The molecule has 6 nitrogen and oxygen atoms in total. The van der Waals surface area contributed by atoms with Crippen molar-refractivity contribution in [2.75, 3.05) is 27.1 Å². The second-order valence-electron chi connectivity index (χ2n) is 4.81. The zero-order valence-corrected chi connectivity index (χ0v) is 13.0. The van der Waals surface area contributed by atoms with E-state index in [9.17, 15) is 9.59 Å². The summed E-state index contributed by atoms with van der Waals surface area (Å²) in [6, 6.07) is 8.86. The molecule has 0 aliphatic heterocycles. The largest absolute Gasteiger partial charge is 0.427 e. The fourth-order valence-electron chi connectivity index (χ4n) is 1.65. The van der Waals surface area contributed by atoms with Crippen molar-refractivity contribution in [3.05, 3.63) is 30.3 Å². The van der Waals surface area contributed by atoms with Gasteiger partial charge in [-0.3, -0.25) is 9.59 Å². The smallest absolute Gasteiger partial charge is 0.311 e. The maximum atomic E-state index is 11.8. The molecule has 1 aromatic rings. The van der Waals surface area contributed by atoms with E-state index in [-0.39, 0.29) is 30.9 Å². The van der Waals surface area contributed by atoms with E-state index in [4.69, 9.17) is 14.2 Å². The Morgan fingerprint density at radius 2 is 1.91 bits per heavy atom. The maximum Gasteiger partial charge on any atom is 0.311 e. The number of hydrogen-bond donors (Lipinski definition) is 1. The van der Waals surface area contributed by atoms with Gasteiger partial charge in [0.1, 0.15) is 12.5 Å². The number of amides is 1. The quantitative estimate of drug-likeness (QED) is 0.308. The van der Waals surface area contributed by atoms with Gasteiger partial charge in [0.15, 0.2) is 0 Å². The molecule has 1 atom stereocenters. The molecule has 1 unspecified atom stereocenters. The molecule has 0 aliphatic rings. The summed E-state index contributed by atoms with van der Waals surface area (Å²) in [4.78, 5) is 23.5. The van der Waals surface area contributed by atoms with Crippen LogP contribution in [0, 0.1) is 5.92 Å². The number of carbonyl (C=O) groups excluding carboxylic acids is 2. The lowest BCUT2D eigenvalue weighted by atomic mass is 10.1. The number of nitrogens with one attached hydrogen (secondary N) is 1. The van der Waals surface area contributed by atoms with E-state index in [0.29, 0.717) is 25.4 Å². The third-order valence-electron chi connectivity index (χ3n) is 2.98. The van der Waals surface area contributed by atoms with Crippen molar-refractivity contribution in [2.24, 2.45) is 5.92 Å². The average Bonchev–Trinajstić information content (AvgIpc) is 2.53. The van der Waals surface area contributed by atoms with Gasteiger partial charge in [-0.2, -0.15) is 0 Å². The Hall–Kier alpha value is -1.92. The number of rotatable bonds is 10. The minimum absolute atomic E-state index is 0.140. The molecule has 1 N–H and O–H groups in total. The molecular weight excluding hydrogens is 286 g/mol. The van der Waals surface area contributed by atoms with Gasteiger partial charge >= 0.3 is 5.97 Å². The van der Waals surface area contributed by atoms with Crippen LogP contribution >= 0.6 is 0 Å². The molecule has 0 aliphatic carbocycles. The molecule has 0 spiro atoms. The topological polar surface area (TPSA) is 73.9 Å². The van der Waals surface area contributed by atoms with Crippen LogP contribution in [0.2, 0.25) is 0 Å². The van der Waals surface area contributed by atoms with Crippen LogP contribution in [0.5, 0.6) is 5.75 Å². The molecule has 0 heterocycles. The lowest BCUT2D eigenvalue weighted by Gasteiger charge is -2.12. The Bertz CT molecular complexity index is 449. The monoisotopic (exact) mass is 309 g/mol. The fraction of sp³-hybridized carbons (Fsp3) is 0.500. The molecule has 0 aromatic heterocycles. The van der Waals surface area contributed by atoms with Gasteiger partial charge in [-0.15, -0.1) is 0 Å². The lowest BCUT2D eigenvalue weighted by Crippen LogP contribution is -2.32. The van der Waals surface area contributed by atoms with Crippen molar-refractivity contribution in [1.29, 1.82) is 0 Å². The maximum absolute atomic E-state index is 11.8. The number of carbonyl (C=O) groups is 2. The Kier molecular flexibility index (Phi) is 8.86. The standard InChI is InChI=1S/C16H23NO5/c1-13(16(19)17-12-21-11-10-20-2)8-9-15(18)22-14-6-4-3-5-7-14/h3-7,13H,8-12H2,1-2H3,(H,17,19). The molecule has 1 rings (SSSR count). The van der Waals surface area contributed by atoms with E-state index in [2.05, 4.69) is 5.32 Å². The number of esters is 1. The highest BCUT2D eigenvalue weighted by molar-refractivity contribution is 5.79. The van der Waals surface area contributed by atoms with Crippen molar-refractivity contribution in [3.8, 4) is 5.75 Å². The van der Waals surface area contributed by atoms with E-state index in [1.54, 1.807) is 38.3 Å². The number of benzene rings is 1. The van der Waals surface area contributed by atoms with Crippen LogP contribution in [0.4, 0.5) is 0 Å². The van der Waals surface area contributed by atoms with Gasteiger partial charge in [-0.1, -0.05) is 25.1 Å². The SMILES string of the molecule is COCCOCNC(=O)C(C)CCC(=O)Oc1ccccc1. The molecular formula is C16H23NO5. The Labute approximate surface area is 130 Å². The molecule has 0 bridgehead atoms. The van der Waals surface area contributed by atoms with Gasteiger partial charge < -0.3 is 19.5 Å². The molecule has 122 valence electrons. The molecule has 0 saturated carbocycles. The van der Waals surface area contributed by atoms with Crippen molar-refractivity contribution in [1.82, 2.24) is 5.32 Å². The lowest BCUT2D eigenvalue weighted by molar-refractivity contribution is -0.135. The highest BCUT2D eigenvalue weighted by Gasteiger charge is 2.15. The van der Waals surface area contributed by atoms with Crippen molar-refractivity contribution in [3.63, 3.8) is 0 Å². The number of methoxy groups -OCH3 is 1. The van der Waals surface area contributed by atoms with Gasteiger partial charge in [0.2, 0.25) is 5.91 Å². The highest BCUT2D eigenvalue weighted by Crippen LogP contribution is 2.12. The summed E-state index contributed by atoms with van der Waals surface area (Å²) in [5.74, 6) is -0.266. The second kappa shape index (κ2) is 10.8. The first-order valence-corrected chi connectivity index (χ1v) is 7.23. The van der Waals surface area contributed by atoms with Crippen molar-refractivity contribution >= 4 is 11.9 Å². The normalized spacial score (nSPS) is 11.7. The molecule has 1 amide bonds. The molecule has 0 fully saturated rings. The van der Waals surface area contributed by atoms with Crippen molar-refractivity contribution < 1.29 is 23.8 Å². The van der Waals surface area contributed by atoms with Crippen LogP contribution in [0.3, 0.4) is 0 Å². The summed E-state index contributed by atoms with van der Waals surface area (Å²) in [7, 11) is 1.58. The summed E-state index contributed by atoms with van der Waals surface area (Å²) in [6.07, 6.45) is 0.615. The second-order valence-corrected chi connectivity index (χ2v) is 4.81. The van der Waals surface area contributed by atoms with E-state index >= 15 is 0 Å². The van der Waals surface area contributed by atoms with E-state index in [1.165, 1.54) is 0 Å². The summed E-state index contributed by atoms with van der Waals surface area (Å²) >= 11 is 0. The van der Waals surface area contributed by atoms with Crippen LogP contribution in [-0.4, -0.2) is 38.9 Å². The van der Waals surface area contributed by atoms with Gasteiger partial charge in [-0.05, 0) is 18.6 Å². The van der Waals surface area contributed by atoms with Crippen LogP contribution < -0.4 is 10.1 Å². The molecule has 22 heavy (non-hydrogen) atoms. The summed E-state index contributed by atoms with van der Waals surface area (Å²) < 4.78 is 15.1. The van der Waals surface area contributed by atoms with Crippen LogP contribution in [0.25, 0.3) is 0 Å². The number of ether oxygens (including phenoxy) is 3. The molecule has 6 heteroatoms. The predicted molar refractivity (Wildman–Crippen MR) is 81.3 cm³/mol. The fourth-order valence-corrected chi connectivity index (χ4v) is 1.65. The molecule has 0 saturated heterocycles. The number of hydrogen-bond acceptors (Lipinski definition) is 5. The molecule has 0 radical (unpaired) electrons. The molecule has 1 aromatic carbocycles. The minimum atomic E-state index is -0.345. The van der Waals surface area contributed by atoms with Crippen LogP contribution in [0.1, 0.15) is 19.8 Å². The zero-order chi connectivity index (χ0) is 16.2. The van der Waals surface area contributed by atoms with Gasteiger partial charge in [0, 0.05) is 19.4 Å².